The first kappa shape index (κ1) is 12.4. The molecular weight excluding hydrogens is 204 g/mol. The summed E-state index contributed by atoms with van der Waals surface area (Å²) in [4.78, 5) is 6.25. The third-order valence-corrected chi connectivity index (χ3v) is 2.34. The van der Waals surface area contributed by atoms with Gasteiger partial charge in [0.25, 0.3) is 0 Å². The number of pyridine rings is 1. The van der Waals surface area contributed by atoms with Crippen LogP contribution in [-0.4, -0.2) is 35.6 Å². The van der Waals surface area contributed by atoms with Crippen LogP contribution in [0, 0.1) is 5.41 Å². The fraction of sp³-hybridized carbons (Fsp3) is 0.455. The number of nitrogens with zero attached hydrogens (tertiary/aromatic N) is 2. The topological polar surface area (TPSA) is 86.2 Å². The van der Waals surface area contributed by atoms with Crippen molar-refractivity contribution in [3.8, 4) is 0 Å². The molecule has 0 spiro atoms. The number of nitrogens with one attached hydrogen (secondary N) is 1. The van der Waals surface area contributed by atoms with Gasteiger partial charge in [0.2, 0.25) is 0 Å². The molecule has 0 amide bonds. The minimum Gasteiger partial charge on any atom is -0.396 e. The van der Waals surface area contributed by atoms with E-state index < -0.39 is 0 Å². The Hall–Kier alpha value is -1.62. The van der Waals surface area contributed by atoms with Crippen LogP contribution in [0.15, 0.2) is 18.3 Å². The molecule has 0 saturated heterocycles. The molecule has 0 aliphatic carbocycles. The molecule has 0 aliphatic rings. The molecule has 0 atom stereocenters. The normalized spacial score (nSPS) is 10.1. The van der Waals surface area contributed by atoms with Crippen LogP contribution in [0.1, 0.15) is 18.9 Å². The van der Waals surface area contributed by atoms with Crippen LogP contribution in [0.5, 0.6) is 0 Å². The molecule has 0 bridgehead atoms. The lowest BCUT2D eigenvalue weighted by Crippen LogP contribution is -2.28. The number of rotatable bonds is 6. The third-order valence-electron chi connectivity index (χ3n) is 2.34. The largest absolute Gasteiger partial charge is 0.396 e. The molecule has 16 heavy (non-hydrogen) atoms. The van der Waals surface area contributed by atoms with Crippen molar-refractivity contribution in [1.82, 2.24) is 4.98 Å². The number of nitrogens with two attached hydrogens (primary N) is 1. The van der Waals surface area contributed by atoms with E-state index in [4.69, 9.17) is 16.2 Å². The average molecular weight is 222 g/mol. The number of anilines is 1. The van der Waals surface area contributed by atoms with Crippen LogP contribution in [0.2, 0.25) is 0 Å². The standard InChI is InChI=1S/C11H18N4O/c1-2-15(7-4-8-16)11-9(10(12)13)5-3-6-14-11/h3,5-6,16H,2,4,7-8H2,1H3,(H3,12,13). The molecule has 1 aromatic heterocycles. The van der Waals surface area contributed by atoms with E-state index in [9.17, 15) is 0 Å². The highest BCUT2D eigenvalue weighted by molar-refractivity contribution is 5.99. The minimum atomic E-state index is 0.0190. The highest BCUT2D eigenvalue weighted by Crippen LogP contribution is 2.16. The Balaban J connectivity index is 2.94. The van der Waals surface area contributed by atoms with Crippen molar-refractivity contribution in [3.05, 3.63) is 23.9 Å². The summed E-state index contributed by atoms with van der Waals surface area (Å²) in [6, 6.07) is 3.55. The lowest BCUT2D eigenvalue weighted by atomic mass is 10.2. The van der Waals surface area contributed by atoms with Crippen LogP contribution in [0.4, 0.5) is 5.82 Å². The van der Waals surface area contributed by atoms with E-state index in [1.807, 2.05) is 11.8 Å². The highest BCUT2D eigenvalue weighted by Gasteiger charge is 2.12. The summed E-state index contributed by atoms with van der Waals surface area (Å²) >= 11 is 0. The SMILES string of the molecule is CCN(CCCO)c1ncccc1C(=N)N. The van der Waals surface area contributed by atoms with Gasteiger partial charge in [0.1, 0.15) is 11.7 Å². The van der Waals surface area contributed by atoms with Crippen LogP contribution in [0.3, 0.4) is 0 Å². The number of aliphatic hydroxyl groups is 1. The Labute approximate surface area is 95.4 Å². The molecule has 0 unspecified atom stereocenters. The Morgan fingerprint density at radius 2 is 2.38 bits per heavy atom. The number of aliphatic hydroxyl groups excluding tert-OH is 1. The zero-order chi connectivity index (χ0) is 12.0. The molecule has 0 saturated carbocycles. The van der Waals surface area contributed by atoms with E-state index in [-0.39, 0.29) is 12.4 Å². The molecule has 4 N–H and O–H groups in total. The summed E-state index contributed by atoms with van der Waals surface area (Å²) in [6.45, 7) is 3.65. The summed E-state index contributed by atoms with van der Waals surface area (Å²) in [5, 5.41) is 16.3. The maximum Gasteiger partial charge on any atom is 0.139 e. The number of hydrogen-bond donors (Lipinski definition) is 3. The Morgan fingerprint density at radius 1 is 1.62 bits per heavy atom. The number of nitrogen functional groups attached to an aromatic ring is 1. The summed E-state index contributed by atoms with van der Waals surface area (Å²) in [7, 11) is 0. The van der Waals surface area contributed by atoms with Crippen molar-refractivity contribution in [2.45, 2.75) is 13.3 Å². The van der Waals surface area contributed by atoms with Crippen LogP contribution < -0.4 is 10.6 Å². The fourth-order valence-electron chi connectivity index (χ4n) is 1.53. The zero-order valence-corrected chi connectivity index (χ0v) is 9.48. The summed E-state index contributed by atoms with van der Waals surface area (Å²) in [5.74, 6) is 0.733. The molecule has 0 radical (unpaired) electrons. The lowest BCUT2D eigenvalue weighted by Gasteiger charge is -2.23. The van der Waals surface area contributed by atoms with E-state index in [2.05, 4.69) is 4.98 Å². The maximum atomic E-state index is 8.82. The molecule has 0 aromatic carbocycles. The van der Waals surface area contributed by atoms with Gasteiger partial charge in [-0.25, -0.2) is 4.98 Å². The van der Waals surface area contributed by atoms with Gasteiger partial charge in [-0.05, 0) is 25.5 Å². The van der Waals surface area contributed by atoms with Crippen molar-refractivity contribution in [2.75, 3.05) is 24.6 Å². The Morgan fingerprint density at radius 3 is 2.94 bits per heavy atom. The van der Waals surface area contributed by atoms with Gasteiger partial charge in [0, 0.05) is 25.9 Å². The van der Waals surface area contributed by atoms with Gasteiger partial charge in [-0.1, -0.05) is 0 Å². The zero-order valence-electron chi connectivity index (χ0n) is 9.48. The molecule has 1 heterocycles. The second-order valence-corrected chi connectivity index (χ2v) is 3.45. The van der Waals surface area contributed by atoms with Gasteiger partial charge in [0.05, 0.1) is 5.56 Å². The molecule has 88 valence electrons. The molecule has 0 aliphatic heterocycles. The van der Waals surface area contributed by atoms with Gasteiger partial charge in [-0.3, -0.25) is 5.41 Å². The second kappa shape index (κ2) is 6.07. The predicted molar refractivity (Wildman–Crippen MR) is 64.8 cm³/mol. The molecule has 0 fully saturated rings. The fourth-order valence-corrected chi connectivity index (χ4v) is 1.53. The van der Waals surface area contributed by atoms with E-state index in [0.29, 0.717) is 24.3 Å². The second-order valence-electron chi connectivity index (χ2n) is 3.45. The summed E-state index contributed by atoms with van der Waals surface area (Å²) < 4.78 is 0. The Bertz CT molecular complexity index is 354. The lowest BCUT2D eigenvalue weighted by molar-refractivity contribution is 0.289. The number of amidine groups is 1. The monoisotopic (exact) mass is 222 g/mol. The van der Waals surface area contributed by atoms with Crippen LogP contribution in [0.25, 0.3) is 0 Å². The molecule has 5 nitrogen and oxygen atoms in total. The van der Waals surface area contributed by atoms with Crippen molar-refractivity contribution in [2.24, 2.45) is 5.73 Å². The summed E-state index contributed by atoms with van der Waals surface area (Å²) in [5.41, 5.74) is 6.14. The van der Waals surface area contributed by atoms with Crippen molar-refractivity contribution in [1.29, 1.82) is 5.41 Å². The van der Waals surface area contributed by atoms with Gasteiger partial charge >= 0.3 is 0 Å². The summed E-state index contributed by atoms with van der Waals surface area (Å²) in [6.07, 6.45) is 2.37. The van der Waals surface area contributed by atoms with Gasteiger partial charge in [-0.2, -0.15) is 0 Å². The highest BCUT2D eigenvalue weighted by atomic mass is 16.3. The first-order chi connectivity index (χ1) is 7.70. The predicted octanol–water partition coefficient (Wildman–Crippen LogP) is 0.574. The van der Waals surface area contributed by atoms with Gasteiger partial charge < -0.3 is 15.7 Å². The van der Waals surface area contributed by atoms with Crippen molar-refractivity contribution >= 4 is 11.7 Å². The molecular formula is C11H18N4O. The van der Waals surface area contributed by atoms with Crippen LogP contribution in [-0.2, 0) is 0 Å². The molecule has 1 aromatic rings. The number of hydrogen-bond acceptors (Lipinski definition) is 4. The van der Waals surface area contributed by atoms with Crippen molar-refractivity contribution in [3.63, 3.8) is 0 Å². The maximum absolute atomic E-state index is 8.82. The quantitative estimate of drug-likeness (QED) is 0.485. The van der Waals surface area contributed by atoms with E-state index in [1.54, 1.807) is 18.3 Å². The minimum absolute atomic E-state index is 0.0190. The van der Waals surface area contributed by atoms with Gasteiger partial charge in [-0.15, -0.1) is 0 Å². The average Bonchev–Trinajstić information content (AvgIpc) is 2.30. The van der Waals surface area contributed by atoms with Crippen LogP contribution >= 0.6 is 0 Å². The number of aromatic nitrogens is 1. The third kappa shape index (κ3) is 2.93. The van der Waals surface area contributed by atoms with E-state index >= 15 is 0 Å². The first-order valence-corrected chi connectivity index (χ1v) is 5.36. The smallest absolute Gasteiger partial charge is 0.139 e. The molecule has 5 heteroatoms. The first-order valence-electron chi connectivity index (χ1n) is 5.36. The molecule has 1 rings (SSSR count). The Kier molecular flexibility index (Phi) is 4.72. The van der Waals surface area contributed by atoms with E-state index in [1.165, 1.54) is 0 Å². The van der Waals surface area contributed by atoms with E-state index in [0.717, 1.165) is 6.54 Å². The van der Waals surface area contributed by atoms with Gasteiger partial charge in [0.15, 0.2) is 0 Å². The van der Waals surface area contributed by atoms with Crippen molar-refractivity contribution < 1.29 is 5.11 Å².